The Kier molecular flexibility index (Phi) is 4.44. The molecule has 0 spiro atoms. The van der Waals surface area contributed by atoms with E-state index in [1.165, 1.54) is 6.07 Å². The minimum Gasteiger partial charge on any atom is -0.478 e. The fraction of sp³-hybridized carbons (Fsp3) is 0.143. The molecule has 6 heteroatoms. The monoisotopic (exact) mass is 401 g/mol. The summed E-state index contributed by atoms with van der Waals surface area (Å²) in [5.41, 5.74) is 0.989. The number of carbonyl (C=O) groups is 2. The van der Waals surface area contributed by atoms with Gasteiger partial charge in [-0.25, -0.2) is 4.79 Å². The van der Waals surface area contributed by atoms with E-state index in [0.29, 0.717) is 11.3 Å². The Balaban J connectivity index is 2.33. The molecule has 1 amide bonds. The number of carboxylic acid groups (broad SMARTS) is 1. The lowest BCUT2D eigenvalue weighted by Gasteiger charge is -2.08. The number of aromatic carboxylic acids is 1. The van der Waals surface area contributed by atoms with Crippen LogP contribution in [0.4, 0.5) is 5.69 Å². The van der Waals surface area contributed by atoms with Gasteiger partial charge in [-0.1, -0.05) is 0 Å². The molecule has 0 radical (unpaired) electrons. The lowest BCUT2D eigenvalue weighted by molar-refractivity contribution is 0.0698. The Morgan fingerprint density at radius 1 is 1.20 bits per heavy atom. The average molecular weight is 401 g/mol. The Hall–Kier alpha value is -1.41. The van der Waals surface area contributed by atoms with E-state index >= 15 is 0 Å². The van der Waals surface area contributed by atoms with Crippen LogP contribution in [0.3, 0.4) is 0 Å². The molecule has 0 saturated carbocycles. The van der Waals surface area contributed by atoms with E-state index in [1.54, 1.807) is 23.5 Å². The maximum absolute atomic E-state index is 12.2. The zero-order valence-electron chi connectivity index (χ0n) is 10.9. The van der Waals surface area contributed by atoms with Crippen molar-refractivity contribution in [3.63, 3.8) is 0 Å². The normalized spacial score (nSPS) is 10.3. The lowest BCUT2D eigenvalue weighted by Crippen LogP contribution is -2.15. The largest absolute Gasteiger partial charge is 0.478 e. The molecule has 2 rings (SSSR count). The van der Waals surface area contributed by atoms with Gasteiger partial charge in [0.1, 0.15) is 0 Å². The highest BCUT2D eigenvalue weighted by atomic mass is 127. The first-order valence-corrected chi connectivity index (χ1v) is 7.69. The summed E-state index contributed by atoms with van der Waals surface area (Å²) in [6, 6.07) is 6.71. The highest BCUT2D eigenvalue weighted by molar-refractivity contribution is 14.1. The van der Waals surface area contributed by atoms with Crippen LogP contribution in [-0.2, 0) is 0 Å². The summed E-state index contributed by atoms with van der Waals surface area (Å²) >= 11 is 3.58. The van der Waals surface area contributed by atoms with Crippen molar-refractivity contribution in [3.8, 4) is 0 Å². The fourth-order valence-electron chi connectivity index (χ4n) is 1.85. The van der Waals surface area contributed by atoms with Gasteiger partial charge in [-0.15, -0.1) is 11.3 Å². The topological polar surface area (TPSA) is 66.4 Å². The quantitative estimate of drug-likeness (QED) is 0.767. The zero-order valence-corrected chi connectivity index (χ0v) is 13.8. The van der Waals surface area contributed by atoms with E-state index in [9.17, 15) is 14.7 Å². The number of nitrogens with one attached hydrogen (secondary N) is 1. The summed E-state index contributed by atoms with van der Waals surface area (Å²) in [6.07, 6.45) is 0. The third kappa shape index (κ3) is 3.18. The first-order valence-electron chi connectivity index (χ1n) is 5.79. The second kappa shape index (κ2) is 5.92. The van der Waals surface area contributed by atoms with Crippen molar-refractivity contribution >= 4 is 51.5 Å². The van der Waals surface area contributed by atoms with E-state index < -0.39 is 5.97 Å². The summed E-state index contributed by atoms with van der Waals surface area (Å²) < 4.78 is 0.806. The van der Waals surface area contributed by atoms with Gasteiger partial charge in [-0.2, -0.15) is 0 Å². The Morgan fingerprint density at radius 3 is 2.45 bits per heavy atom. The molecule has 1 aromatic carbocycles. The van der Waals surface area contributed by atoms with Crippen LogP contribution in [0.15, 0.2) is 24.3 Å². The highest BCUT2D eigenvalue weighted by Gasteiger charge is 2.16. The van der Waals surface area contributed by atoms with Crippen LogP contribution in [0.5, 0.6) is 0 Å². The molecule has 0 fully saturated rings. The van der Waals surface area contributed by atoms with E-state index in [-0.39, 0.29) is 11.5 Å². The molecule has 0 aliphatic rings. The van der Waals surface area contributed by atoms with E-state index in [4.69, 9.17) is 0 Å². The third-order valence-electron chi connectivity index (χ3n) is 2.75. The summed E-state index contributed by atoms with van der Waals surface area (Å²) in [6.45, 7) is 3.81. The number of amides is 1. The highest BCUT2D eigenvalue weighted by Crippen LogP contribution is 2.24. The maximum atomic E-state index is 12.2. The SMILES string of the molecule is Cc1cc(C(=O)Nc2ccc(I)cc2C(=O)O)c(C)s1. The molecule has 0 saturated heterocycles. The second-order valence-corrected chi connectivity index (χ2v) is 6.98. The zero-order chi connectivity index (χ0) is 14.9. The molecule has 20 heavy (non-hydrogen) atoms. The second-order valence-electron chi connectivity index (χ2n) is 4.28. The van der Waals surface area contributed by atoms with Gasteiger partial charge in [-0.05, 0) is 60.7 Å². The minimum atomic E-state index is -1.06. The Morgan fingerprint density at radius 2 is 1.90 bits per heavy atom. The number of hydrogen-bond acceptors (Lipinski definition) is 3. The first-order chi connectivity index (χ1) is 9.38. The minimum absolute atomic E-state index is 0.0925. The van der Waals surface area contributed by atoms with Gasteiger partial charge in [0.15, 0.2) is 0 Å². The van der Waals surface area contributed by atoms with Gasteiger partial charge in [0.05, 0.1) is 16.8 Å². The predicted molar refractivity (Wildman–Crippen MR) is 87.9 cm³/mol. The molecular weight excluding hydrogens is 389 g/mol. The molecule has 0 atom stereocenters. The van der Waals surface area contributed by atoms with Crippen LogP contribution in [0.2, 0.25) is 0 Å². The maximum Gasteiger partial charge on any atom is 0.337 e. The number of hydrogen-bond donors (Lipinski definition) is 2. The number of thiophene rings is 1. The molecule has 4 nitrogen and oxygen atoms in total. The van der Waals surface area contributed by atoms with Crippen molar-refractivity contribution in [2.45, 2.75) is 13.8 Å². The fourth-order valence-corrected chi connectivity index (χ4v) is 3.26. The smallest absolute Gasteiger partial charge is 0.337 e. The third-order valence-corrected chi connectivity index (χ3v) is 4.38. The standard InChI is InChI=1S/C14H12INO3S/c1-7-5-10(8(2)20-7)13(17)16-12-4-3-9(15)6-11(12)14(18)19/h3-6H,1-2H3,(H,16,17)(H,18,19). The molecule has 1 aromatic heterocycles. The molecule has 0 aliphatic carbocycles. The average Bonchev–Trinajstić information content (AvgIpc) is 2.70. The number of carbonyl (C=O) groups excluding carboxylic acids is 1. The van der Waals surface area contributed by atoms with Crippen LogP contribution in [0.1, 0.15) is 30.5 Å². The molecule has 2 aromatic rings. The van der Waals surface area contributed by atoms with Crippen molar-refractivity contribution in [2.75, 3.05) is 5.32 Å². The molecule has 104 valence electrons. The van der Waals surface area contributed by atoms with Crippen LogP contribution in [-0.4, -0.2) is 17.0 Å². The van der Waals surface area contributed by atoms with Crippen LogP contribution < -0.4 is 5.32 Å². The molecule has 0 aliphatic heterocycles. The number of benzene rings is 1. The van der Waals surface area contributed by atoms with Crippen molar-refractivity contribution in [1.82, 2.24) is 0 Å². The van der Waals surface area contributed by atoms with Gasteiger partial charge in [0.25, 0.3) is 5.91 Å². The number of rotatable bonds is 3. The molecule has 0 unspecified atom stereocenters. The van der Waals surface area contributed by atoms with E-state index in [1.807, 2.05) is 42.5 Å². The number of halogens is 1. The van der Waals surface area contributed by atoms with Gasteiger partial charge in [-0.3, -0.25) is 4.79 Å². The van der Waals surface area contributed by atoms with Gasteiger partial charge < -0.3 is 10.4 Å². The predicted octanol–water partition coefficient (Wildman–Crippen LogP) is 3.92. The van der Waals surface area contributed by atoms with Crippen LogP contribution in [0, 0.1) is 17.4 Å². The summed E-state index contributed by atoms with van der Waals surface area (Å²) in [7, 11) is 0. The Labute approximate surface area is 134 Å². The molecule has 2 N–H and O–H groups in total. The van der Waals surface area contributed by atoms with E-state index in [2.05, 4.69) is 5.32 Å². The van der Waals surface area contributed by atoms with Crippen LogP contribution in [0.25, 0.3) is 0 Å². The van der Waals surface area contributed by atoms with Crippen molar-refractivity contribution in [3.05, 3.63) is 48.7 Å². The summed E-state index contributed by atoms with van der Waals surface area (Å²) in [4.78, 5) is 25.4. The van der Waals surface area contributed by atoms with Crippen molar-refractivity contribution in [1.29, 1.82) is 0 Å². The first kappa shape index (κ1) is 15.0. The molecular formula is C14H12INO3S. The number of anilines is 1. The van der Waals surface area contributed by atoms with Crippen molar-refractivity contribution in [2.24, 2.45) is 0 Å². The van der Waals surface area contributed by atoms with Gasteiger partial charge in [0, 0.05) is 13.3 Å². The van der Waals surface area contributed by atoms with E-state index in [0.717, 1.165) is 13.3 Å². The van der Waals surface area contributed by atoms with Gasteiger partial charge in [0.2, 0.25) is 0 Å². The number of carboxylic acids is 1. The Bertz CT molecular complexity index is 694. The van der Waals surface area contributed by atoms with Crippen LogP contribution >= 0.6 is 33.9 Å². The van der Waals surface area contributed by atoms with Gasteiger partial charge >= 0.3 is 5.97 Å². The summed E-state index contributed by atoms with van der Waals surface area (Å²) in [5.74, 6) is -1.34. The molecule has 0 bridgehead atoms. The lowest BCUT2D eigenvalue weighted by atomic mass is 10.1. The molecule has 1 heterocycles. The summed E-state index contributed by atoms with van der Waals surface area (Å²) in [5, 5.41) is 11.9. The number of aryl methyl sites for hydroxylation is 2. The van der Waals surface area contributed by atoms with Crippen molar-refractivity contribution < 1.29 is 14.7 Å².